The number of fused-ring (bicyclic) bond motifs is 2. The van der Waals surface area contributed by atoms with Gasteiger partial charge in [0.2, 0.25) is 0 Å². The van der Waals surface area contributed by atoms with Gasteiger partial charge >= 0.3 is 0 Å². The molecular formula is C56H88O6S2. The van der Waals surface area contributed by atoms with Crippen LogP contribution in [0.25, 0.3) is 21.5 Å². The summed E-state index contributed by atoms with van der Waals surface area (Å²) in [5, 5.41) is 3.19. The van der Waals surface area contributed by atoms with E-state index in [1.54, 1.807) is 6.07 Å². The molecule has 0 fully saturated rings. The molecule has 64 heavy (non-hydrogen) atoms. The molecular weight excluding hydrogens is 833 g/mol. The van der Waals surface area contributed by atoms with Gasteiger partial charge in [0.25, 0.3) is 20.2 Å². The topological polar surface area (TPSA) is 109 Å². The van der Waals surface area contributed by atoms with Gasteiger partial charge in [0.15, 0.2) is 0 Å². The Kier molecular flexibility index (Phi) is 27.8. The molecule has 0 bridgehead atoms. The maximum atomic E-state index is 12.3. The van der Waals surface area contributed by atoms with Crippen LogP contribution in [0.3, 0.4) is 0 Å². The van der Waals surface area contributed by atoms with Crippen molar-refractivity contribution in [3.05, 3.63) is 82.9 Å². The van der Waals surface area contributed by atoms with E-state index in [0.717, 1.165) is 78.8 Å². The Morgan fingerprint density at radius 2 is 0.766 bits per heavy atom. The molecule has 0 aliphatic heterocycles. The van der Waals surface area contributed by atoms with E-state index in [1.807, 2.05) is 36.4 Å². The molecule has 4 rings (SSSR count). The maximum absolute atomic E-state index is 12.3. The summed E-state index contributed by atoms with van der Waals surface area (Å²) in [7, 11) is -8.52. The van der Waals surface area contributed by atoms with Crippen molar-refractivity contribution in [2.45, 2.75) is 243 Å². The Bertz CT molecular complexity index is 2110. The Balaban J connectivity index is 0.000000340. The third kappa shape index (κ3) is 21.2. The van der Waals surface area contributed by atoms with Crippen LogP contribution in [-0.4, -0.2) is 25.9 Å². The van der Waals surface area contributed by atoms with E-state index in [4.69, 9.17) is 0 Å². The molecule has 360 valence electrons. The summed E-state index contributed by atoms with van der Waals surface area (Å²) in [5.41, 5.74) is 4.16. The summed E-state index contributed by atoms with van der Waals surface area (Å²) in [6.07, 6.45) is 38.1. The average molecular weight is 921 g/mol. The lowest BCUT2D eigenvalue weighted by atomic mass is 9.94. The number of unbranched alkanes of at least 4 members (excludes halogenated alkanes) is 24. The fourth-order valence-electron chi connectivity index (χ4n) is 9.25. The van der Waals surface area contributed by atoms with E-state index in [1.165, 1.54) is 153 Å². The molecule has 0 unspecified atom stereocenters. The van der Waals surface area contributed by atoms with E-state index in [0.29, 0.717) is 17.2 Å². The zero-order valence-electron chi connectivity index (χ0n) is 40.7. The SMILES string of the molecule is CCCCCCCCCc1cc(CCCCCCCCC)c2ccccc2c1S(=O)(=O)O.CCCCCCCCCc1cc(S(=O)(=O)O)c2cc(CCCCCCCCC)ccc2c1. The van der Waals surface area contributed by atoms with Crippen molar-refractivity contribution in [2.75, 3.05) is 0 Å². The Morgan fingerprint density at radius 1 is 0.359 bits per heavy atom. The summed E-state index contributed by atoms with van der Waals surface area (Å²) in [5.74, 6) is 0. The third-order valence-electron chi connectivity index (χ3n) is 13.0. The molecule has 0 atom stereocenters. The Morgan fingerprint density at radius 3 is 1.22 bits per heavy atom. The quantitative estimate of drug-likeness (QED) is 0.0357. The number of benzene rings is 4. The van der Waals surface area contributed by atoms with Gasteiger partial charge in [0, 0.05) is 10.8 Å². The van der Waals surface area contributed by atoms with Crippen molar-refractivity contribution in [3.63, 3.8) is 0 Å². The first kappa shape index (κ1) is 55.5. The molecule has 0 amide bonds. The highest BCUT2D eigenvalue weighted by Crippen LogP contribution is 2.33. The van der Waals surface area contributed by atoms with Gasteiger partial charge < -0.3 is 0 Å². The van der Waals surface area contributed by atoms with Crippen molar-refractivity contribution < 1.29 is 25.9 Å². The molecule has 4 aromatic carbocycles. The number of aryl methyl sites for hydroxylation is 4. The molecule has 0 saturated heterocycles. The van der Waals surface area contributed by atoms with Crippen LogP contribution in [0.1, 0.15) is 230 Å². The molecule has 2 N–H and O–H groups in total. The van der Waals surface area contributed by atoms with Gasteiger partial charge in [-0.05, 0) is 96.5 Å². The van der Waals surface area contributed by atoms with Crippen LogP contribution < -0.4 is 0 Å². The minimum atomic E-state index is -4.27. The second kappa shape index (κ2) is 32.0. The van der Waals surface area contributed by atoms with Crippen LogP contribution in [0.4, 0.5) is 0 Å². The zero-order valence-corrected chi connectivity index (χ0v) is 42.4. The van der Waals surface area contributed by atoms with Crippen LogP contribution in [0, 0.1) is 0 Å². The fraction of sp³-hybridized carbons (Fsp3) is 0.643. The summed E-state index contributed by atoms with van der Waals surface area (Å²) in [6, 6.07) is 19.6. The van der Waals surface area contributed by atoms with Crippen LogP contribution in [-0.2, 0) is 45.9 Å². The van der Waals surface area contributed by atoms with Gasteiger partial charge in [-0.3, -0.25) is 9.11 Å². The lowest BCUT2D eigenvalue weighted by molar-refractivity contribution is 0.481. The maximum Gasteiger partial charge on any atom is 0.295 e. The van der Waals surface area contributed by atoms with Gasteiger partial charge in [-0.25, -0.2) is 0 Å². The largest absolute Gasteiger partial charge is 0.295 e. The van der Waals surface area contributed by atoms with Crippen molar-refractivity contribution in [3.8, 4) is 0 Å². The second-order valence-corrected chi connectivity index (χ2v) is 21.4. The molecule has 0 spiro atoms. The zero-order chi connectivity index (χ0) is 46.5. The first-order chi connectivity index (χ1) is 30.9. The molecule has 0 aliphatic rings. The average Bonchev–Trinajstić information content (AvgIpc) is 3.27. The summed E-state index contributed by atoms with van der Waals surface area (Å²) in [4.78, 5) is 0.191. The highest BCUT2D eigenvalue weighted by molar-refractivity contribution is 7.86. The van der Waals surface area contributed by atoms with Gasteiger partial charge in [-0.1, -0.05) is 230 Å². The van der Waals surface area contributed by atoms with Crippen molar-refractivity contribution in [2.24, 2.45) is 0 Å². The minimum Gasteiger partial charge on any atom is -0.282 e. The molecule has 6 nitrogen and oxygen atoms in total. The predicted molar refractivity (Wildman–Crippen MR) is 274 cm³/mol. The number of hydrogen-bond acceptors (Lipinski definition) is 4. The molecule has 8 heteroatoms. The van der Waals surface area contributed by atoms with Gasteiger partial charge in [-0.15, -0.1) is 0 Å². The molecule has 0 aliphatic carbocycles. The molecule has 4 aromatic rings. The Labute approximate surface area is 391 Å². The summed E-state index contributed by atoms with van der Waals surface area (Å²) >= 11 is 0. The van der Waals surface area contributed by atoms with Crippen LogP contribution >= 0.6 is 0 Å². The van der Waals surface area contributed by atoms with E-state index >= 15 is 0 Å². The van der Waals surface area contributed by atoms with Crippen molar-refractivity contribution in [1.29, 1.82) is 0 Å². The highest BCUT2D eigenvalue weighted by atomic mass is 32.2. The lowest BCUT2D eigenvalue weighted by Gasteiger charge is -2.15. The first-order valence-corrected chi connectivity index (χ1v) is 28.9. The van der Waals surface area contributed by atoms with E-state index in [9.17, 15) is 25.9 Å². The first-order valence-electron chi connectivity index (χ1n) is 26.0. The number of rotatable bonds is 34. The van der Waals surface area contributed by atoms with Crippen LogP contribution in [0.2, 0.25) is 0 Å². The molecule has 0 radical (unpaired) electrons. The Hall–Kier alpha value is -2.78. The van der Waals surface area contributed by atoms with E-state index in [-0.39, 0.29) is 9.79 Å². The predicted octanol–water partition coefficient (Wildman–Crippen LogP) is 17.3. The van der Waals surface area contributed by atoms with Crippen LogP contribution in [0.15, 0.2) is 70.5 Å². The summed E-state index contributed by atoms with van der Waals surface area (Å²) in [6.45, 7) is 8.93. The minimum absolute atomic E-state index is 0.0642. The van der Waals surface area contributed by atoms with Gasteiger partial charge in [0.1, 0.15) is 9.79 Å². The van der Waals surface area contributed by atoms with E-state index in [2.05, 4.69) is 45.9 Å². The summed E-state index contributed by atoms with van der Waals surface area (Å²) < 4.78 is 68.8. The van der Waals surface area contributed by atoms with Gasteiger partial charge in [-0.2, -0.15) is 16.8 Å². The normalized spacial score (nSPS) is 12.0. The smallest absolute Gasteiger partial charge is 0.282 e. The second-order valence-electron chi connectivity index (χ2n) is 18.7. The third-order valence-corrected chi connectivity index (χ3v) is 14.9. The number of hydrogen-bond donors (Lipinski definition) is 2. The van der Waals surface area contributed by atoms with Gasteiger partial charge in [0.05, 0.1) is 0 Å². The lowest BCUT2D eigenvalue weighted by Crippen LogP contribution is -2.06. The molecule has 0 aromatic heterocycles. The molecule has 0 saturated carbocycles. The molecule has 0 heterocycles. The van der Waals surface area contributed by atoms with Crippen LogP contribution in [0.5, 0.6) is 0 Å². The van der Waals surface area contributed by atoms with Crippen molar-refractivity contribution >= 4 is 41.8 Å². The van der Waals surface area contributed by atoms with E-state index < -0.39 is 20.2 Å². The highest BCUT2D eigenvalue weighted by Gasteiger charge is 2.21. The monoisotopic (exact) mass is 921 g/mol. The fourth-order valence-corrected chi connectivity index (χ4v) is 10.9. The standard InChI is InChI=1S/2C28H44O3S/c1-3-5-7-9-11-13-15-19-24-23-25(20-16-14-12-10-8-6-4-2)28(32(29,30)31)27-22-18-17-21-26(24)27;1-3-5-7-9-11-13-15-17-24-19-20-26-21-25(18-16-14-12-10-8-6-4-2)23-28(27(26)22-24)32(29,30)31/h17-18,21-23H,3-16,19-20H2,1-2H3,(H,29,30,31);19-23H,3-18H2,1-2H3,(H,29,30,31). The van der Waals surface area contributed by atoms with Crippen molar-refractivity contribution in [1.82, 2.24) is 0 Å².